The number of hydrogen-bond acceptors (Lipinski definition) is 4. The number of esters is 1. The summed E-state index contributed by atoms with van der Waals surface area (Å²) < 4.78 is 19.0. The van der Waals surface area contributed by atoms with E-state index in [0.29, 0.717) is 0 Å². The van der Waals surface area contributed by atoms with Gasteiger partial charge in [-0.1, -0.05) is 6.58 Å². The third kappa shape index (κ3) is 12.3. The van der Waals surface area contributed by atoms with Crippen molar-refractivity contribution in [2.75, 3.05) is 13.2 Å². The third-order valence-corrected chi connectivity index (χ3v) is 1.65. The van der Waals surface area contributed by atoms with Crippen LogP contribution in [0.3, 0.4) is 0 Å². The number of phosphoric acid groups is 1. The van der Waals surface area contributed by atoms with Crippen molar-refractivity contribution in [2.24, 2.45) is 0 Å². The standard InChI is InChI=1S/C7H13O6P.Na.H/c1-6(2)7(8)12-4-3-5-13-14(9,10)11;;/h1,3-5H2,2H3,(H2,9,10,11);;. The van der Waals surface area contributed by atoms with Crippen LogP contribution in [0.4, 0.5) is 0 Å². The second kappa shape index (κ2) is 8.47. The molecule has 0 aliphatic heterocycles. The summed E-state index contributed by atoms with van der Waals surface area (Å²) in [5, 5.41) is 0. The summed E-state index contributed by atoms with van der Waals surface area (Å²) in [4.78, 5) is 27.3. The van der Waals surface area contributed by atoms with Crippen LogP contribution in [0.1, 0.15) is 13.3 Å². The Bertz CT molecular complexity index is 260. The van der Waals surface area contributed by atoms with Crippen molar-refractivity contribution in [2.45, 2.75) is 13.3 Å². The molecule has 0 fully saturated rings. The number of hydrogen-bond donors (Lipinski definition) is 2. The number of rotatable bonds is 6. The van der Waals surface area contributed by atoms with Crippen LogP contribution in [0.25, 0.3) is 0 Å². The first-order valence-electron chi connectivity index (χ1n) is 3.85. The molecule has 0 rings (SSSR count). The van der Waals surface area contributed by atoms with Crippen LogP contribution in [0.5, 0.6) is 0 Å². The van der Waals surface area contributed by atoms with Gasteiger partial charge in [0.2, 0.25) is 0 Å². The molecule has 0 aliphatic rings. The fourth-order valence-electron chi connectivity index (χ4n) is 0.530. The van der Waals surface area contributed by atoms with Gasteiger partial charge < -0.3 is 14.5 Å². The molecule has 0 aromatic carbocycles. The molecule has 0 heterocycles. The van der Waals surface area contributed by atoms with E-state index in [1.807, 2.05) is 0 Å². The predicted molar refractivity (Wildman–Crippen MR) is 55.5 cm³/mol. The van der Waals surface area contributed by atoms with Crippen LogP contribution >= 0.6 is 7.82 Å². The van der Waals surface area contributed by atoms with Gasteiger partial charge in [0, 0.05) is 12.0 Å². The molecule has 0 radical (unpaired) electrons. The van der Waals surface area contributed by atoms with Crippen molar-refractivity contribution in [1.82, 2.24) is 0 Å². The Hall–Kier alpha value is 0.320. The first-order valence-corrected chi connectivity index (χ1v) is 5.38. The minimum absolute atomic E-state index is 0. The van der Waals surface area contributed by atoms with Crippen molar-refractivity contribution in [3.8, 4) is 0 Å². The monoisotopic (exact) mass is 248 g/mol. The molecule has 0 aromatic rings. The van der Waals surface area contributed by atoms with Gasteiger partial charge in [0.05, 0.1) is 13.2 Å². The van der Waals surface area contributed by atoms with Crippen LogP contribution in [0.2, 0.25) is 0 Å². The Balaban J connectivity index is 0. The molecular weight excluding hydrogens is 234 g/mol. The van der Waals surface area contributed by atoms with Crippen molar-refractivity contribution in [3.05, 3.63) is 12.2 Å². The zero-order valence-corrected chi connectivity index (χ0v) is 8.70. The third-order valence-electron chi connectivity index (χ3n) is 1.13. The molecule has 8 heteroatoms. The van der Waals surface area contributed by atoms with Gasteiger partial charge in [-0.05, 0) is 6.92 Å². The van der Waals surface area contributed by atoms with Crippen LogP contribution in [-0.2, 0) is 18.6 Å². The van der Waals surface area contributed by atoms with Crippen LogP contribution in [0.15, 0.2) is 12.2 Å². The molecule has 0 unspecified atom stereocenters. The van der Waals surface area contributed by atoms with E-state index >= 15 is 0 Å². The molecule has 84 valence electrons. The van der Waals surface area contributed by atoms with E-state index in [1.165, 1.54) is 6.92 Å². The molecule has 0 aromatic heterocycles. The molecule has 0 atom stereocenters. The first kappa shape index (κ1) is 17.7. The molecule has 0 bridgehead atoms. The van der Waals surface area contributed by atoms with Gasteiger partial charge in [-0.25, -0.2) is 9.36 Å². The van der Waals surface area contributed by atoms with Crippen molar-refractivity contribution in [3.63, 3.8) is 0 Å². The number of carbonyl (C=O) groups excluding carboxylic acids is 1. The van der Waals surface area contributed by atoms with Gasteiger partial charge in [0.15, 0.2) is 0 Å². The average molecular weight is 248 g/mol. The minimum atomic E-state index is -4.41. The van der Waals surface area contributed by atoms with Crippen molar-refractivity contribution >= 4 is 43.3 Å². The van der Waals surface area contributed by atoms with E-state index in [0.717, 1.165) is 0 Å². The van der Waals surface area contributed by atoms with E-state index in [2.05, 4.69) is 15.8 Å². The molecule has 6 nitrogen and oxygen atoms in total. The van der Waals surface area contributed by atoms with Crippen LogP contribution in [0, 0.1) is 0 Å². The molecule has 0 saturated carbocycles. The average Bonchev–Trinajstić information content (AvgIpc) is 2.01. The van der Waals surface area contributed by atoms with E-state index in [-0.39, 0.29) is 54.8 Å². The molecule has 0 saturated heterocycles. The number of ether oxygens (including phenoxy) is 1. The van der Waals surface area contributed by atoms with E-state index in [4.69, 9.17) is 9.79 Å². The maximum absolute atomic E-state index is 10.8. The van der Waals surface area contributed by atoms with E-state index < -0.39 is 13.8 Å². The second-order valence-corrected chi connectivity index (χ2v) is 3.83. The molecular formula is C7H14NaO6P. The normalized spacial score (nSPS) is 10.3. The second-order valence-electron chi connectivity index (χ2n) is 2.59. The quantitative estimate of drug-likeness (QED) is 0.225. The Kier molecular flexibility index (Phi) is 10.00. The number of phosphoric ester groups is 1. The summed E-state index contributed by atoms with van der Waals surface area (Å²) in [5.41, 5.74) is 0.279. The Labute approximate surface area is 110 Å². The fraction of sp³-hybridized carbons (Fsp3) is 0.571. The Morgan fingerprint density at radius 3 is 2.33 bits per heavy atom. The topological polar surface area (TPSA) is 93.1 Å². The SMILES string of the molecule is C=C(C)C(=O)OCCCOP(=O)(O)O.[NaH]. The summed E-state index contributed by atoms with van der Waals surface area (Å²) in [6.07, 6.45) is 0.226. The summed E-state index contributed by atoms with van der Waals surface area (Å²) >= 11 is 0. The van der Waals surface area contributed by atoms with Crippen molar-refractivity contribution in [1.29, 1.82) is 0 Å². The van der Waals surface area contributed by atoms with Gasteiger partial charge in [-0.15, -0.1) is 0 Å². The van der Waals surface area contributed by atoms with Crippen molar-refractivity contribution < 1.29 is 28.4 Å². The van der Waals surface area contributed by atoms with Gasteiger partial charge in [0.1, 0.15) is 0 Å². The van der Waals surface area contributed by atoms with E-state index in [1.54, 1.807) is 0 Å². The van der Waals surface area contributed by atoms with Gasteiger partial charge in [-0.2, -0.15) is 0 Å². The summed E-state index contributed by atoms with van der Waals surface area (Å²) in [7, 11) is -4.41. The molecule has 15 heavy (non-hydrogen) atoms. The van der Waals surface area contributed by atoms with Gasteiger partial charge >= 0.3 is 43.3 Å². The summed E-state index contributed by atoms with van der Waals surface area (Å²) in [5.74, 6) is -0.527. The summed E-state index contributed by atoms with van der Waals surface area (Å²) in [6.45, 7) is 4.76. The molecule has 0 amide bonds. The molecule has 0 aliphatic carbocycles. The maximum atomic E-state index is 10.8. The van der Waals surface area contributed by atoms with Gasteiger partial charge in [-0.3, -0.25) is 4.52 Å². The van der Waals surface area contributed by atoms with Gasteiger partial charge in [0.25, 0.3) is 0 Å². The molecule has 0 spiro atoms. The van der Waals surface area contributed by atoms with Crippen LogP contribution in [-0.4, -0.2) is 58.5 Å². The predicted octanol–water partition coefficient (Wildman–Crippen LogP) is -0.0434. The fourth-order valence-corrected chi connectivity index (χ4v) is 0.897. The zero-order valence-electron chi connectivity index (χ0n) is 7.80. The number of carbonyl (C=O) groups is 1. The first-order chi connectivity index (χ1) is 6.33. The van der Waals surface area contributed by atoms with E-state index in [9.17, 15) is 9.36 Å². The summed E-state index contributed by atoms with van der Waals surface area (Å²) in [6, 6.07) is 0. The molecule has 2 N–H and O–H groups in total. The Morgan fingerprint density at radius 1 is 1.40 bits per heavy atom. The zero-order chi connectivity index (χ0) is 11.2. The Morgan fingerprint density at radius 2 is 1.93 bits per heavy atom. The van der Waals surface area contributed by atoms with Crippen LogP contribution < -0.4 is 0 Å².